The zero-order valence-corrected chi connectivity index (χ0v) is 7.79. The van der Waals surface area contributed by atoms with E-state index in [1.54, 1.807) is 0 Å². The van der Waals surface area contributed by atoms with E-state index >= 15 is 0 Å². The Hall–Kier alpha value is -0.210. The van der Waals surface area contributed by atoms with Crippen LogP contribution < -0.4 is 4.72 Å². The fourth-order valence-electron chi connectivity index (χ4n) is 1.60. The van der Waals surface area contributed by atoms with Crippen molar-refractivity contribution in [3.8, 4) is 0 Å². The zero-order chi connectivity index (χ0) is 10.1. The van der Waals surface area contributed by atoms with Gasteiger partial charge in [0, 0.05) is 5.92 Å². The van der Waals surface area contributed by atoms with Crippen molar-refractivity contribution in [3.05, 3.63) is 0 Å². The van der Waals surface area contributed by atoms with Gasteiger partial charge in [0.1, 0.15) is 0 Å². The fraction of sp³-hybridized carbons (Fsp3) is 1.00. The minimum absolute atomic E-state index is 0.537. The van der Waals surface area contributed by atoms with E-state index in [9.17, 15) is 18.6 Å². The van der Waals surface area contributed by atoms with Crippen molar-refractivity contribution in [2.75, 3.05) is 0 Å². The summed E-state index contributed by atoms with van der Waals surface area (Å²) in [5.74, 6) is -3.07. The molecule has 1 saturated carbocycles. The molecule has 1 fully saturated rings. The third-order valence-electron chi connectivity index (χ3n) is 2.20. The molecule has 0 spiro atoms. The summed E-state index contributed by atoms with van der Waals surface area (Å²) in [5.41, 5.74) is 0. The third kappa shape index (κ3) is 3.20. The molecule has 0 unspecified atom stereocenters. The Labute approximate surface area is 76.5 Å². The lowest BCUT2D eigenvalue weighted by Gasteiger charge is -2.27. The lowest BCUT2D eigenvalue weighted by Crippen LogP contribution is -2.52. The van der Waals surface area contributed by atoms with Crippen molar-refractivity contribution in [3.63, 3.8) is 0 Å². The maximum absolute atomic E-state index is 10.3. The highest BCUT2D eigenvalue weighted by Gasteiger charge is 2.39. The van der Waals surface area contributed by atoms with Crippen molar-refractivity contribution >= 4 is 10.3 Å². The number of nitrogens with one attached hydrogen (secondary N) is 1. The Balaban J connectivity index is 2.64. The molecule has 0 heterocycles. The average Bonchev–Trinajstić information content (AvgIpc) is 2.29. The Morgan fingerprint density at radius 2 is 1.69 bits per heavy atom. The second-order valence-electron chi connectivity index (χ2n) is 3.28. The number of rotatable bonds is 3. The Kier molecular flexibility index (Phi) is 2.93. The van der Waals surface area contributed by atoms with Crippen LogP contribution in [-0.2, 0) is 10.3 Å². The van der Waals surface area contributed by atoms with Crippen molar-refractivity contribution < 1.29 is 23.2 Å². The first kappa shape index (κ1) is 10.9. The normalized spacial score (nSPS) is 20.8. The lowest BCUT2D eigenvalue weighted by molar-refractivity contribution is -0.207. The largest absolute Gasteiger partial charge is 0.352 e. The minimum Gasteiger partial charge on any atom is -0.352 e. The highest BCUT2D eigenvalue weighted by molar-refractivity contribution is 7.83. The highest BCUT2D eigenvalue weighted by atomic mass is 32.2. The Morgan fingerprint density at radius 3 is 2.08 bits per heavy atom. The van der Waals surface area contributed by atoms with Crippen molar-refractivity contribution in [1.29, 1.82) is 0 Å². The molecule has 0 aliphatic heterocycles. The predicted molar refractivity (Wildman–Crippen MR) is 43.8 cm³/mol. The number of hydrogen-bond acceptors (Lipinski definition) is 4. The summed E-state index contributed by atoms with van der Waals surface area (Å²) in [6.07, 6.45) is 2.74. The summed E-state index contributed by atoms with van der Waals surface area (Å²) in [4.78, 5) is 0. The Bertz CT molecular complexity index is 267. The molecular weight excluding hydrogens is 198 g/mol. The first-order chi connectivity index (χ1) is 5.81. The molecule has 0 aromatic carbocycles. The second-order valence-corrected chi connectivity index (χ2v) is 4.44. The summed E-state index contributed by atoms with van der Waals surface area (Å²) in [6, 6.07) is 0. The molecule has 13 heavy (non-hydrogen) atoms. The smallest absolute Gasteiger partial charge is 0.337 e. The van der Waals surface area contributed by atoms with Crippen LogP contribution in [0.5, 0.6) is 0 Å². The van der Waals surface area contributed by atoms with Gasteiger partial charge in [0.15, 0.2) is 0 Å². The first-order valence-electron chi connectivity index (χ1n) is 4.02. The van der Waals surface area contributed by atoms with Crippen molar-refractivity contribution in [1.82, 2.24) is 4.72 Å². The summed E-state index contributed by atoms with van der Waals surface area (Å²) in [7, 11) is -4.57. The zero-order valence-electron chi connectivity index (χ0n) is 6.97. The van der Waals surface area contributed by atoms with Gasteiger partial charge >= 0.3 is 10.3 Å². The molecule has 78 valence electrons. The monoisotopic (exact) mass is 211 g/mol. The van der Waals surface area contributed by atoms with Gasteiger partial charge in [0.2, 0.25) is 5.91 Å². The molecule has 4 N–H and O–H groups in total. The van der Waals surface area contributed by atoms with E-state index < -0.39 is 22.1 Å². The van der Waals surface area contributed by atoms with E-state index in [2.05, 4.69) is 0 Å². The fourth-order valence-corrected chi connectivity index (χ4v) is 2.15. The molecule has 1 aliphatic carbocycles. The maximum atomic E-state index is 10.3. The van der Waals surface area contributed by atoms with Crippen molar-refractivity contribution in [2.24, 2.45) is 5.92 Å². The van der Waals surface area contributed by atoms with E-state index in [1.165, 1.54) is 4.72 Å². The topological polar surface area (TPSA) is 107 Å². The van der Waals surface area contributed by atoms with Gasteiger partial charge in [-0.1, -0.05) is 12.8 Å². The van der Waals surface area contributed by atoms with Gasteiger partial charge < -0.3 is 10.2 Å². The molecule has 6 nitrogen and oxygen atoms in total. The molecule has 0 saturated heterocycles. The van der Waals surface area contributed by atoms with Crippen LogP contribution in [0.25, 0.3) is 0 Å². The first-order valence-corrected chi connectivity index (χ1v) is 5.46. The average molecular weight is 211 g/mol. The SMILES string of the molecule is O=S(=O)(O)NC(O)(O)C1CCCC1. The lowest BCUT2D eigenvalue weighted by atomic mass is 10.1. The predicted octanol–water partition coefficient (Wildman–Crippen LogP) is -0.793. The summed E-state index contributed by atoms with van der Waals surface area (Å²) < 4.78 is 30.4. The molecule has 0 aromatic heterocycles. The molecule has 1 rings (SSSR count). The third-order valence-corrected chi connectivity index (χ3v) is 2.76. The molecule has 0 radical (unpaired) electrons. The number of aliphatic hydroxyl groups is 2. The van der Waals surface area contributed by atoms with Gasteiger partial charge in [-0.2, -0.15) is 8.42 Å². The summed E-state index contributed by atoms with van der Waals surface area (Å²) in [5, 5.41) is 18.5. The summed E-state index contributed by atoms with van der Waals surface area (Å²) >= 11 is 0. The van der Waals surface area contributed by atoms with Crippen molar-refractivity contribution in [2.45, 2.75) is 31.6 Å². The second kappa shape index (κ2) is 3.50. The van der Waals surface area contributed by atoms with E-state index in [0.29, 0.717) is 12.8 Å². The van der Waals surface area contributed by atoms with Crippen LogP contribution in [0.1, 0.15) is 25.7 Å². The van der Waals surface area contributed by atoms with Gasteiger partial charge in [-0.25, -0.2) is 0 Å². The maximum Gasteiger partial charge on any atom is 0.337 e. The van der Waals surface area contributed by atoms with Gasteiger partial charge in [0.25, 0.3) is 0 Å². The van der Waals surface area contributed by atoms with Gasteiger partial charge in [-0.05, 0) is 12.8 Å². The van der Waals surface area contributed by atoms with E-state index in [-0.39, 0.29) is 0 Å². The molecule has 0 amide bonds. The number of hydrogen-bond donors (Lipinski definition) is 4. The van der Waals surface area contributed by atoms with E-state index in [0.717, 1.165) is 12.8 Å². The van der Waals surface area contributed by atoms with Crippen LogP contribution in [-0.4, -0.2) is 29.1 Å². The highest BCUT2D eigenvalue weighted by Crippen LogP contribution is 2.31. The molecule has 0 bridgehead atoms. The minimum atomic E-state index is -4.57. The molecule has 0 atom stereocenters. The molecule has 0 aromatic rings. The molecule has 7 heteroatoms. The Morgan fingerprint density at radius 1 is 1.23 bits per heavy atom. The molecule has 1 aliphatic rings. The van der Waals surface area contributed by atoms with Gasteiger partial charge in [-0.3, -0.25) is 4.55 Å². The van der Waals surface area contributed by atoms with Crippen LogP contribution in [0, 0.1) is 5.92 Å². The van der Waals surface area contributed by atoms with Crippen LogP contribution >= 0.6 is 0 Å². The van der Waals surface area contributed by atoms with Crippen LogP contribution in [0.4, 0.5) is 0 Å². The van der Waals surface area contributed by atoms with Crippen LogP contribution in [0.2, 0.25) is 0 Å². The standard InChI is InChI=1S/C6H13NO5S/c8-6(9,7-13(10,11)12)5-3-1-2-4-5/h5,7-9H,1-4H2,(H,10,11,12). The summed E-state index contributed by atoms with van der Waals surface area (Å²) in [6.45, 7) is 0. The van der Waals surface area contributed by atoms with Crippen LogP contribution in [0.15, 0.2) is 0 Å². The molecular formula is C6H13NO5S. The van der Waals surface area contributed by atoms with E-state index in [1.807, 2.05) is 0 Å². The van der Waals surface area contributed by atoms with Gasteiger partial charge in [-0.15, -0.1) is 4.72 Å². The quantitative estimate of drug-likeness (QED) is 0.361. The van der Waals surface area contributed by atoms with Gasteiger partial charge in [0.05, 0.1) is 0 Å². The van der Waals surface area contributed by atoms with Crippen LogP contribution in [0.3, 0.4) is 0 Å². The van der Waals surface area contributed by atoms with E-state index in [4.69, 9.17) is 4.55 Å².